The van der Waals surface area contributed by atoms with Crippen LogP contribution in [0.1, 0.15) is 155 Å². The van der Waals surface area contributed by atoms with Gasteiger partial charge in [0.1, 0.15) is 0 Å². The third kappa shape index (κ3) is 8.81. The molecule has 280 valence electrons. The molecule has 0 spiro atoms. The zero-order chi connectivity index (χ0) is 35.0. The molecular formula is C46H74Cl2SiZr. The van der Waals surface area contributed by atoms with E-state index in [0.717, 1.165) is 58.4 Å². The van der Waals surface area contributed by atoms with Crippen LogP contribution in [0.5, 0.6) is 0 Å². The van der Waals surface area contributed by atoms with Gasteiger partial charge in [0.15, 0.2) is 0 Å². The molecule has 0 nitrogen and oxygen atoms in total. The first kappa shape index (κ1) is 44.5. The molecule has 0 aromatic heterocycles. The molecule has 4 saturated carbocycles. The van der Waals surface area contributed by atoms with Gasteiger partial charge in [-0.2, -0.15) is 0 Å². The summed E-state index contributed by atoms with van der Waals surface area (Å²) in [7, 11) is 8.32. The van der Waals surface area contributed by atoms with E-state index in [4.69, 9.17) is 17.0 Å². The standard InChI is InChI=1S/C44H68Si.2CH3.2ClH.Zr/c1-11-45(12-2,41-29(3)27-39-35(15-13-17-37(39)41)31-19-23-33(24-20-31)43(5,6)7)42-30(4)28-40-36(16-14-18-38(40)42)32-21-25-34(26-22-32)44(8,9)10;;;;;/h19-26,29-30,35-42H,11-18,27-28H2,1-10H3;2*1H3;2*1H;/q;2*-1;;;+4/p-2. The fourth-order valence-corrected chi connectivity index (χ4v) is 20.8. The number of halogens is 2. The van der Waals surface area contributed by atoms with Crippen molar-refractivity contribution in [2.75, 3.05) is 0 Å². The Labute approximate surface area is 331 Å². The van der Waals surface area contributed by atoms with Gasteiger partial charge >= 0.3 is 37.9 Å². The summed E-state index contributed by atoms with van der Waals surface area (Å²) in [6, 6.07) is 23.0. The number of benzene rings is 2. The van der Waals surface area contributed by atoms with E-state index >= 15 is 0 Å². The van der Waals surface area contributed by atoms with Crippen molar-refractivity contribution in [2.45, 2.75) is 166 Å². The van der Waals surface area contributed by atoms with Crippen molar-refractivity contribution in [1.29, 1.82) is 0 Å². The van der Waals surface area contributed by atoms with Gasteiger partial charge in [-0.3, -0.25) is 0 Å². The zero-order valence-corrected chi connectivity index (χ0v) is 39.2. The molecule has 4 heteroatoms. The second-order valence-electron chi connectivity index (χ2n) is 19.0. The Morgan fingerprint density at radius 3 is 1.18 bits per heavy atom. The van der Waals surface area contributed by atoms with Gasteiger partial charge < -0.3 is 14.9 Å². The molecule has 0 heterocycles. The molecule has 0 radical (unpaired) electrons. The Morgan fingerprint density at radius 2 is 0.900 bits per heavy atom. The Morgan fingerprint density at radius 1 is 0.580 bits per heavy atom. The zero-order valence-electron chi connectivity index (χ0n) is 34.2. The average molecular weight is 817 g/mol. The van der Waals surface area contributed by atoms with Crippen LogP contribution in [0.3, 0.4) is 0 Å². The number of hydrogen-bond acceptors (Lipinski definition) is 0. The average Bonchev–Trinajstić information content (AvgIpc) is 3.58. The van der Waals surface area contributed by atoms with Crippen LogP contribution < -0.4 is 0 Å². The van der Waals surface area contributed by atoms with Crippen molar-refractivity contribution in [3.05, 3.63) is 85.6 Å². The van der Waals surface area contributed by atoms with Crippen LogP contribution in [0, 0.1) is 50.4 Å². The Bertz CT molecular complexity index is 1210. The van der Waals surface area contributed by atoms with Crippen molar-refractivity contribution >= 4 is 25.1 Å². The minimum absolute atomic E-state index is 0. The third-order valence-electron chi connectivity index (χ3n) is 14.7. The molecule has 10 unspecified atom stereocenters. The Hall–Kier alpha value is 0.120. The third-order valence-corrected chi connectivity index (χ3v) is 22.0. The first-order valence-electron chi connectivity index (χ1n) is 19.9. The van der Waals surface area contributed by atoms with Gasteiger partial charge in [-0.15, -0.1) is 0 Å². The normalized spacial score (nSPS) is 32.3. The van der Waals surface area contributed by atoms with Gasteiger partial charge in [0, 0.05) is 0 Å². The summed E-state index contributed by atoms with van der Waals surface area (Å²) in [5.74, 6) is 7.18. The van der Waals surface area contributed by atoms with Gasteiger partial charge in [-0.25, -0.2) is 0 Å². The summed E-state index contributed by atoms with van der Waals surface area (Å²) in [6.45, 7) is 24.9. The van der Waals surface area contributed by atoms with Crippen molar-refractivity contribution in [1.82, 2.24) is 0 Å². The molecule has 0 aliphatic heterocycles. The van der Waals surface area contributed by atoms with Crippen LogP contribution in [0.25, 0.3) is 0 Å². The second kappa shape index (κ2) is 18.2. The molecule has 6 rings (SSSR count). The summed E-state index contributed by atoms with van der Waals surface area (Å²) < 4.78 is 0. The van der Waals surface area contributed by atoms with E-state index in [1.54, 1.807) is 11.1 Å². The van der Waals surface area contributed by atoms with Crippen molar-refractivity contribution in [3.8, 4) is 0 Å². The molecule has 50 heavy (non-hydrogen) atoms. The van der Waals surface area contributed by atoms with E-state index in [1.807, 2.05) is 0 Å². The van der Waals surface area contributed by atoms with Crippen molar-refractivity contribution in [2.24, 2.45) is 35.5 Å². The van der Waals surface area contributed by atoms with Crippen LogP contribution in [0.15, 0.2) is 48.5 Å². The SMILES string of the molecule is CC[Si](CC)(C1C(C)CC2C(c3ccc(C(C)(C)C)cc3)CCCC21)C1C(C)CC2C(c3ccc(C(C)(C)C)cc3)CCCC21.[CH3-].[CH3-].[Cl][Zr+2][Cl]. The molecule has 2 aromatic rings. The predicted molar refractivity (Wildman–Crippen MR) is 224 cm³/mol. The van der Waals surface area contributed by atoms with Crippen LogP contribution in [-0.2, 0) is 31.7 Å². The molecule has 10 atom stereocenters. The van der Waals surface area contributed by atoms with Crippen LogP contribution in [0.4, 0.5) is 0 Å². The quantitative estimate of drug-likeness (QED) is 0.201. The molecule has 4 aliphatic carbocycles. The molecule has 0 N–H and O–H groups in total. The van der Waals surface area contributed by atoms with Crippen LogP contribution >= 0.6 is 17.0 Å². The fourth-order valence-electron chi connectivity index (χ4n) is 12.9. The molecular weight excluding hydrogens is 743 g/mol. The first-order valence-corrected chi connectivity index (χ1v) is 28.8. The van der Waals surface area contributed by atoms with E-state index in [-0.39, 0.29) is 25.7 Å². The number of rotatable bonds is 6. The number of fused-ring (bicyclic) bond motifs is 2. The van der Waals surface area contributed by atoms with Gasteiger partial charge in [-0.1, -0.05) is 156 Å². The first-order chi connectivity index (χ1) is 22.7. The minimum atomic E-state index is -1.55. The maximum absolute atomic E-state index is 4.93. The maximum atomic E-state index is 4.93. The van der Waals surface area contributed by atoms with E-state index in [1.165, 1.54) is 74.6 Å². The monoisotopic (exact) mass is 814 g/mol. The molecule has 2 aromatic carbocycles. The predicted octanol–water partition coefficient (Wildman–Crippen LogP) is 15.6. The van der Waals surface area contributed by atoms with Gasteiger partial charge in [0.05, 0.1) is 8.07 Å². The summed E-state index contributed by atoms with van der Waals surface area (Å²) >= 11 is -0.826. The summed E-state index contributed by atoms with van der Waals surface area (Å²) in [5.41, 5.74) is 8.83. The molecule has 0 amide bonds. The van der Waals surface area contributed by atoms with E-state index in [0.29, 0.717) is 0 Å². The summed E-state index contributed by atoms with van der Waals surface area (Å²) in [5, 5.41) is 0. The fraction of sp³-hybridized carbons (Fsp3) is 0.696. The molecule has 0 bridgehead atoms. The van der Waals surface area contributed by atoms with Gasteiger partial charge in [0.25, 0.3) is 0 Å². The molecule has 0 saturated heterocycles. The van der Waals surface area contributed by atoms with E-state index in [9.17, 15) is 0 Å². The van der Waals surface area contributed by atoms with Crippen LogP contribution in [0.2, 0.25) is 23.2 Å². The van der Waals surface area contributed by atoms with Crippen molar-refractivity contribution in [3.63, 3.8) is 0 Å². The van der Waals surface area contributed by atoms with E-state index < -0.39 is 28.9 Å². The van der Waals surface area contributed by atoms with Crippen molar-refractivity contribution < 1.29 is 20.8 Å². The van der Waals surface area contributed by atoms with Gasteiger partial charge in [-0.05, 0) is 117 Å². The molecule has 4 fully saturated rings. The number of hydrogen-bond donors (Lipinski definition) is 0. The second-order valence-corrected chi connectivity index (χ2v) is 27.9. The Balaban J connectivity index is 0.00000131. The van der Waals surface area contributed by atoms with Crippen LogP contribution in [-0.4, -0.2) is 8.07 Å². The van der Waals surface area contributed by atoms with E-state index in [2.05, 4.69) is 118 Å². The van der Waals surface area contributed by atoms with Gasteiger partial charge in [0.2, 0.25) is 0 Å². The topological polar surface area (TPSA) is 0 Å². The summed E-state index contributed by atoms with van der Waals surface area (Å²) in [6.07, 6.45) is 11.8. The summed E-state index contributed by atoms with van der Waals surface area (Å²) in [4.78, 5) is 0. The Kier molecular flexibility index (Phi) is 16.2. The molecule has 4 aliphatic rings.